The normalized spacial score (nSPS) is 31.8. The summed E-state index contributed by atoms with van der Waals surface area (Å²) >= 11 is 0. The standard InChI is InChI=1S/C24H33N5O4/c1-16(27-5-7-28(8-6-27)20-3-2-4-21(12-20)29(32)33)22(30)25-23(31)26-24-13-17-9-18(14-24)11-19(10-17)15-24/h2-4,12,16-19H,5-11,13-15H2,1H3,(H2,25,26,30,31). The molecule has 5 aliphatic rings. The molecule has 0 aromatic heterocycles. The minimum atomic E-state index is -0.417. The third-order valence-electron chi connectivity index (χ3n) is 8.30. The first kappa shape index (κ1) is 22.1. The van der Waals surface area contributed by atoms with Gasteiger partial charge < -0.3 is 10.2 Å². The molecule has 4 aliphatic carbocycles. The van der Waals surface area contributed by atoms with Gasteiger partial charge in [0.25, 0.3) is 5.69 Å². The molecule has 178 valence electrons. The van der Waals surface area contributed by atoms with Crippen molar-refractivity contribution in [2.24, 2.45) is 17.8 Å². The Morgan fingerprint density at radius 3 is 2.24 bits per heavy atom. The topological polar surface area (TPSA) is 108 Å². The number of benzene rings is 1. The number of anilines is 1. The number of non-ortho nitro benzene ring substituents is 1. The third kappa shape index (κ3) is 4.55. The van der Waals surface area contributed by atoms with E-state index in [1.165, 1.54) is 25.3 Å². The van der Waals surface area contributed by atoms with Crippen LogP contribution in [-0.2, 0) is 4.79 Å². The number of nitro groups is 1. The SMILES string of the molecule is CC(C(=O)NC(=O)NC12CC3CC(CC(C3)C1)C2)N1CCN(c2cccc([N+](=O)[O-])c2)CC1. The highest BCUT2D eigenvalue weighted by molar-refractivity contribution is 5.97. The molecule has 6 rings (SSSR count). The van der Waals surface area contributed by atoms with Crippen molar-refractivity contribution >= 4 is 23.3 Å². The Bertz CT molecular complexity index is 907. The van der Waals surface area contributed by atoms with E-state index < -0.39 is 6.04 Å². The molecule has 1 unspecified atom stereocenters. The predicted molar refractivity (Wildman–Crippen MR) is 124 cm³/mol. The first-order valence-electron chi connectivity index (χ1n) is 12.2. The fraction of sp³-hybridized carbons (Fsp3) is 0.667. The lowest BCUT2D eigenvalue weighted by Gasteiger charge is -2.56. The molecule has 1 atom stereocenters. The van der Waals surface area contributed by atoms with Gasteiger partial charge in [-0.2, -0.15) is 0 Å². The van der Waals surface area contributed by atoms with E-state index in [9.17, 15) is 19.7 Å². The molecule has 1 heterocycles. The molecule has 1 aromatic carbocycles. The van der Waals surface area contributed by atoms with Crippen molar-refractivity contribution in [1.29, 1.82) is 0 Å². The van der Waals surface area contributed by atoms with Crippen molar-refractivity contribution in [3.8, 4) is 0 Å². The number of amides is 3. The first-order chi connectivity index (χ1) is 15.8. The van der Waals surface area contributed by atoms with Crippen LogP contribution in [0.25, 0.3) is 0 Å². The van der Waals surface area contributed by atoms with E-state index in [2.05, 4.69) is 20.4 Å². The van der Waals surface area contributed by atoms with Crippen LogP contribution in [0.5, 0.6) is 0 Å². The van der Waals surface area contributed by atoms with E-state index in [1.807, 2.05) is 13.0 Å². The average Bonchev–Trinajstić information content (AvgIpc) is 2.77. The fourth-order valence-corrected chi connectivity index (χ4v) is 7.09. The molecule has 1 saturated heterocycles. The van der Waals surface area contributed by atoms with E-state index in [4.69, 9.17) is 0 Å². The summed E-state index contributed by atoms with van der Waals surface area (Å²) in [5.74, 6) is 1.91. The highest BCUT2D eigenvalue weighted by Crippen LogP contribution is 2.55. The van der Waals surface area contributed by atoms with Gasteiger partial charge in [-0.25, -0.2) is 4.79 Å². The maximum absolute atomic E-state index is 12.8. The van der Waals surface area contributed by atoms with Crippen molar-refractivity contribution in [2.45, 2.75) is 57.0 Å². The maximum Gasteiger partial charge on any atom is 0.321 e. The van der Waals surface area contributed by atoms with E-state index in [1.54, 1.807) is 12.1 Å². The summed E-state index contributed by atoms with van der Waals surface area (Å²) in [6.07, 6.45) is 7.07. The summed E-state index contributed by atoms with van der Waals surface area (Å²) in [5, 5.41) is 16.8. The lowest BCUT2D eigenvalue weighted by molar-refractivity contribution is -0.384. The molecule has 5 fully saturated rings. The Balaban J connectivity index is 1.12. The van der Waals surface area contributed by atoms with Gasteiger partial charge in [0, 0.05) is 49.5 Å². The molecular weight excluding hydrogens is 422 g/mol. The number of nitro benzene ring substituents is 1. The molecule has 3 amide bonds. The zero-order valence-electron chi connectivity index (χ0n) is 19.2. The summed E-state index contributed by atoms with van der Waals surface area (Å²) in [7, 11) is 0. The molecule has 4 bridgehead atoms. The summed E-state index contributed by atoms with van der Waals surface area (Å²) in [4.78, 5) is 40.3. The van der Waals surface area contributed by atoms with Crippen LogP contribution < -0.4 is 15.5 Å². The smallest absolute Gasteiger partial charge is 0.321 e. The Morgan fingerprint density at radius 2 is 1.67 bits per heavy atom. The van der Waals surface area contributed by atoms with E-state index in [-0.39, 0.29) is 28.1 Å². The van der Waals surface area contributed by atoms with E-state index in [0.29, 0.717) is 26.2 Å². The number of piperazine rings is 1. The molecule has 33 heavy (non-hydrogen) atoms. The second-order valence-corrected chi connectivity index (χ2v) is 10.6. The molecule has 2 N–H and O–H groups in total. The fourth-order valence-electron chi connectivity index (χ4n) is 7.09. The van der Waals surface area contributed by atoms with Crippen LogP contribution in [0, 0.1) is 27.9 Å². The minimum Gasteiger partial charge on any atom is -0.369 e. The van der Waals surface area contributed by atoms with Crippen molar-refractivity contribution in [1.82, 2.24) is 15.5 Å². The second-order valence-electron chi connectivity index (χ2n) is 10.6. The van der Waals surface area contributed by atoms with Crippen LogP contribution in [0.15, 0.2) is 24.3 Å². The summed E-state index contributed by atoms with van der Waals surface area (Å²) in [6, 6.07) is 5.86. The van der Waals surface area contributed by atoms with Gasteiger partial charge >= 0.3 is 6.03 Å². The van der Waals surface area contributed by atoms with Crippen LogP contribution in [0.4, 0.5) is 16.2 Å². The third-order valence-corrected chi connectivity index (χ3v) is 8.30. The van der Waals surface area contributed by atoms with Gasteiger partial charge in [-0.15, -0.1) is 0 Å². The van der Waals surface area contributed by atoms with E-state index >= 15 is 0 Å². The number of hydrogen-bond acceptors (Lipinski definition) is 6. The average molecular weight is 456 g/mol. The Kier molecular flexibility index (Phi) is 5.76. The number of nitrogens with one attached hydrogen (secondary N) is 2. The van der Waals surface area contributed by atoms with Gasteiger partial charge in [-0.3, -0.25) is 25.1 Å². The number of urea groups is 1. The number of hydrogen-bond donors (Lipinski definition) is 2. The number of rotatable bonds is 5. The van der Waals surface area contributed by atoms with Gasteiger partial charge in [-0.05, 0) is 69.3 Å². The molecule has 0 spiro atoms. The van der Waals surface area contributed by atoms with Crippen LogP contribution >= 0.6 is 0 Å². The lowest BCUT2D eigenvalue weighted by atomic mass is 9.53. The molecule has 1 aliphatic heterocycles. The summed E-state index contributed by atoms with van der Waals surface area (Å²) < 4.78 is 0. The van der Waals surface area contributed by atoms with Crippen LogP contribution in [0.1, 0.15) is 45.4 Å². The van der Waals surface area contributed by atoms with Gasteiger partial charge in [0.15, 0.2) is 0 Å². The zero-order chi connectivity index (χ0) is 23.2. The van der Waals surface area contributed by atoms with Crippen LogP contribution in [-0.4, -0.2) is 59.5 Å². The van der Waals surface area contributed by atoms with Crippen LogP contribution in [0.2, 0.25) is 0 Å². The molecule has 4 saturated carbocycles. The summed E-state index contributed by atoms with van der Waals surface area (Å²) in [6.45, 7) is 4.45. The Hall–Kier alpha value is -2.68. The van der Waals surface area contributed by atoms with Crippen molar-refractivity contribution in [3.63, 3.8) is 0 Å². The molecule has 0 radical (unpaired) electrons. The molecular formula is C24H33N5O4. The quantitative estimate of drug-likeness (QED) is 0.522. The van der Waals surface area contributed by atoms with Gasteiger partial charge in [-0.1, -0.05) is 6.07 Å². The van der Waals surface area contributed by atoms with Gasteiger partial charge in [0.2, 0.25) is 5.91 Å². The maximum atomic E-state index is 12.8. The molecule has 9 heteroatoms. The monoisotopic (exact) mass is 455 g/mol. The van der Waals surface area contributed by atoms with Crippen molar-refractivity contribution < 1.29 is 14.5 Å². The highest BCUT2D eigenvalue weighted by atomic mass is 16.6. The van der Waals surface area contributed by atoms with Crippen LogP contribution in [0.3, 0.4) is 0 Å². The second kappa shape index (κ2) is 8.59. The number of carbonyl (C=O) groups excluding carboxylic acids is 2. The lowest BCUT2D eigenvalue weighted by Crippen LogP contribution is -2.63. The Labute approximate surface area is 194 Å². The van der Waals surface area contributed by atoms with Crippen molar-refractivity contribution in [3.05, 3.63) is 34.4 Å². The molecule has 1 aromatic rings. The molecule has 9 nitrogen and oxygen atoms in total. The number of imide groups is 1. The number of nitrogens with zero attached hydrogens (tertiary/aromatic N) is 3. The first-order valence-corrected chi connectivity index (χ1v) is 12.2. The Morgan fingerprint density at radius 1 is 1.06 bits per heavy atom. The number of carbonyl (C=O) groups is 2. The van der Waals surface area contributed by atoms with E-state index in [0.717, 1.165) is 42.7 Å². The highest BCUT2D eigenvalue weighted by Gasteiger charge is 2.51. The van der Waals surface area contributed by atoms with Gasteiger partial charge in [0.1, 0.15) is 0 Å². The van der Waals surface area contributed by atoms with Crippen molar-refractivity contribution in [2.75, 3.05) is 31.1 Å². The predicted octanol–water partition coefficient (Wildman–Crippen LogP) is 2.90. The van der Waals surface area contributed by atoms with Gasteiger partial charge in [0.05, 0.1) is 11.0 Å². The zero-order valence-corrected chi connectivity index (χ0v) is 19.2. The largest absolute Gasteiger partial charge is 0.369 e. The minimum absolute atomic E-state index is 0.0766. The summed E-state index contributed by atoms with van der Waals surface area (Å²) in [5.41, 5.74) is 0.773.